The van der Waals surface area contributed by atoms with E-state index in [9.17, 15) is 9.90 Å². The molecule has 0 bridgehead atoms. The maximum absolute atomic E-state index is 11.4. The van der Waals surface area contributed by atoms with E-state index in [4.69, 9.17) is 4.74 Å². The summed E-state index contributed by atoms with van der Waals surface area (Å²) in [5.41, 5.74) is 4.29. The lowest BCUT2D eigenvalue weighted by Gasteiger charge is -2.14. The topological polar surface area (TPSA) is 58.6 Å². The van der Waals surface area contributed by atoms with E-state index in [1.54, 1.807) is 0 Å². The molecule has 0 aromatic heterocycles. The van der Waals surface area contributed by atoms with Crippen LogP contribution in [0.1, 0.15) is 18.4 Å². The normalized spacial score (nSPS) is 15.0. The van der Waals surface area contributed by atoms with Crippen molar-refractivity contribution < 1.29 is 14.6 Å². The number of carbonyl (C=O) groups is 1. The minimum atomic E-state index is -0.888. The van der Waals surface area contributed by atoms with Gasteiger partial charge in [-0.25, -0.2) is 4.79 Å². The molecule has 24 heavy (non-hydrogen) atoms. The fourth-order valence-corrected chi connectivity index (χ4v) is 2.66. The van der Waals surface area contributed by atoms with Crippen molar-refractivity contribution in [2.75, 3.05) is 19.0 Å². The number of anilines is 1. The molecule has 1 aliphatic carbocycles. The van der Waals surface area contributed by atoms with Crippen LogP contribution in [0, 0.1) is 5.92 Å². The zero-order chi connectivity index (χ0) is 16.9. The van der Waals surface area contributed by atoms with Crippen LogP contribution in [-0.4, -0.2) is 30.8 Å². The second kappa shape index (κ2) is 7.49. The third-order valence-corrected chi connectivity index (χ3v) is 4.37. The van der Waals surface area contributed by atoms with E-state index < -0.39 is 12.1 Å². The SMILES string of the molecule is CNc1cccc(-c2ccc(C[C@H](OCC3CC3)C(=O)O)cc2)c1. The lowest BCUT2D eigenvalue weighted by Crippen LogP contribution is -2.27. The maximum atomic E-state index is 11.4. The second-order valence-corrected chi connectivity index (χ2v) is 6.34. The van der Waals surface area contributed by atoms with Crippen molar-refractivity contribution in [3.63, 3.8) is 0 Å². The van der Waals surface area contributed by atoms with Gasteiger partial charge in [0.25, 0.3) is 0 Å². The van der Waals surface area contributed by atoms with Gasteiger partial charge in [0.05, 0.1) is 6.61 Å². The van der Waals surface area contributed by atoms with Crippen LogP contribution in [0.4, 0.5) is 5.69 Å². The van der Waals surface area contributed by atoms with E-state index in [1.807, 2.05) is 43.4 Å². The Morgan fingerprint density at radius 3 is 2.58 bits per heavy atom. The van der Waals surface area contributed by atoms with E-state index in [1.165, 1.54) is 0 Å². The summed E-state index contributed by atoms with van der Waals surface area (Å²) in [6.07, 6.45) is 1.96. The first-order valence-electron chi connectivity index (χ1n) is 8.37. The van der Waals surface area contributed by atoms with E-state index in [0.29, 0.717) is 18.9 Å². The number of benzene rings is 2. The molecule has 0 unspecified atom stereocenters. The average molecular weight is 325 g/mol. The molecule has 0 saturated heterocycles. The van der Waals surface area contributed by atoms with Crippen molar-refractivity contribution in [3.05, 3.63) is 54.1 Å². The van der Waals surface area contributed by atoms with Gasteiger partial charge in [-0.15, -0.1) is 0 Å². The molecular formula is C20H23NO3. The number of carboxylic acid groups (broad SMARTS) is 1. The third kappa shape index (κ3) is 4.36. The van der Waals surface area contributed by atoms with Gasteiger partial charge in [0.2, 0.25) is 0 Å². The van der Waals surface area contributed by atoms with Gasteiger partial charge in [-0.2, -0.15) is 0 Å². The van der Waals surface area contributed by atoms with Gasteiger partial charge in [-0.05, 0) is 47.6 Å². The fourth-order valence-electron chi connectivity index (χ4n) is 2.66. The van der Waals surface area contributed by atoms with Gasteiger partial charge in [-0.3, -0.25) is 0 Å². The zero-order valence-electron chi connectivity index (χ0n) is 13.9. The monoisotopic (exact) mass is 325 g/mol. The van der Waals surface area contributed by atoms with Gasteiger partial charge < -0.3 is 15.2 Å². The number of carboxylic acids is 1. The van der Waals surface area contributed by atoms with Crippen molar-refractivity contribution in [2.24, 2.45) is 5.92 Å². The molecule has 0 radical (unpaired) electrons. The first-order chi connectivity index (χ1) is 11.7. The number of ether oxygens (including phenoxy) is 1. The van der Waals surface area contributed by atoms with Gasteiger partial charge in [0, 0.05) is 19.2 Å². The Kier molecular flexibility index (Phi) is 5.16. The molecule has 1 fully saturated rings. The molecule has 0 heterocycles. The van der Waals surface area contributed by atoms with Crippen LogP contribution in [0.25, 0.3) is 11.1 Å². The molecule has 4 nitrogen and oxygen atoms in total. The lowest BCUT2D eigenvalue weighted by molar-refractivity contribution is -0.150. The summed E-state index contributed by atoms with van der Waals surface area (Å²) in [6.45, 7) is 0.561. The first-order valence-corrected chi connectivity index (χ1v) is 8.37. The molecule has 2 N–H and O–H groups in total. The first kappa shape index (κ1) is 16.5. The van der Waals surface area contributed by atoms with Crippen molar-refractivity contribution >= 4 is 11.7 Å². The molecule has 3 rings (SSSR count). The maximum Gasteiger partial charge on any atom is 0.333 e. The summed E-state index contributed by atoms with van der Waals surface area (Å²) in [5, 5.41) is 12.5. The van der Waals surface area contributed by atoms with Crippen LogP contribution < -0.4 is 5.32 Å². The smallest absolute Gasteiger partial charge is 0.333 e. The van der Waals surface area contributed by atoms with Crippen LogP contribution in [0.15, 0.2) is 48.5 Å². The van der Waals surface area contributed by atoms with Gasteiger partial charge >= 0.3 is 5.97 Å². The Morgan fingerprint density at radius 1 is 1.21 bits per heavy atom. The number of aliphatic carboxylic acids is 1. The molecule has 1 aliphatic rings. The highest BCUT2D eigenvalue weighted by Crippen LogP contribution is 2.29. The molecule has 4 heteroatoms. The standard InChI is InChI=1S/C20H23NO3/c1-21-18-4-2-3-17(12-18)16-9-7-14(8-10-16)11-19(20(22)23)24-13-15-5-6-15/h2-4,7-10,12,15,19,21H,5-6,11,13H2,1H3,(H,22,23)/t19-/m0/s1. The molecule has 2 aromatic rings. The highest BCUT2D eigenvalue weighted by Gasteiger charge is 2.26. The summed E-state index contributed by atoms with van der Waals surface area (Å²) in [6, 6.07) is 16.2. The number of hydrogen-bond acceptors (Lipinski definition) is 3. The summed E-state index contributed by atoms with van der Waals surface area (Å²) in [5.74, 6) is -0.324. The molecule has 1 atom stereocenters. The lowest BCUT2D eigenvalue weighted by atomic mass is 10.0. The summed E-state index contributed by atoms with van der Waals surface area (Å²) in [7, 11) is 1.90. The number of hydrogen-bond donors (Lipinski definition) is 2. The summed E-state index contributed by atoms with van der Waals surface area (Å²) < 4.78 is 5.57. The minimum absolute atomic E-state index is 0.402. The summed E-state index contributed by atoms with van der Waals surface area (Å²) in [4.78, 5) is 11.4. The van der Waals surface area contributed by atoms with Gasteiger partial charge in [0.1, 0.15) is 0 Å². The molecule has 126 valence electrons. The van der Waals surface area contributed by atoms with Crippen LogP contribution >= 0.6 is 0 Å². The molecule has 0 amide bonds. The number of rotatable bonds is 8. The quantitative estimate of drug-likeness (QED) is 0.775. The largest absolute Gasteiger partial charge is 0.479 e. The van der Waals surface area contributed by atoms with E-state index in [-0.39, 0.29) is 0 Å². The van der Waals surface area contributed by atoms with Crippen LogP contribution in [0.2, 0.25) is 0 Å². The second-order valence-electron chi connectivity index (χ2n) is 6.34. The van der Waals surface area contributed by atoms with Crippen molar-refractivity contribution in [2.45, 2.75) is 25.4 Å². The predicted octanol–water partition coefficient (Wildman–Crippen LogP) is 3.82. The van der Waals surface area contributed by atoms with Gasteiger partial charge in [0.15, 0.2) is 6.10 Å². The Bertz CT molecular complexity index is 692. The average Bonchev–Trinajstić information content (AvgIpc) is 3.43. The van der Waals surface area contributed by atoms with Crippen molar-refractivity contribution in [1.29, 1.82) is 0 Å². The Labute approximate surface area is 142 Å². The van der Waals surface area contributed by atoms with Gasteiger partial charge in [-0.1, -0.05) is 36.4 Å². The van der Waals surface area contributed by atoms with Crippen LogP contribution in [0.5, 0.6) is 0 Å². The molecule has 0 aliphatic heterocycles. The molecular weight excluding hydrogens is 302 g/mol. The molecule has 1 saturated carbocycles. The highest BCUT2D eigenvalue weighted by molar-refractivity contribution is 5.73. The van der Waals surface area contributed by atoms with Crippen LogP contribution in [-0.2, 0) is 16.0 Å². The Balaban J connectivity index is 1.67. The summed E-state index contributed by atoms with van der Waals surface area (Å²) >= 11 is 0. The van der Waals surface area contributed by atoms with Crippen molar-refractivity contribution in [1.82, 2.24) is 0 Å². The number of nitrogens with one attached hydrogen (secondary N) is 1. The Morgan fingerprint density at radius 2 is 1.96 bits per heavy atom. The van der Waals surface area contributed by atoms with E-state index in [2.05, 4.69) is 17.4 Å². The molecule has 0 spiro atoms. The van der Waals surface area contributed by atoms with Crippen molar-refractivity contribution in [3.8, 4) is 11.1 Å². The minimum Gasteiger partial charge on any atom is -0.479 e. The van der Waals surface area contributed by atoms with E-state index >= 15 is 0 Å². The highest BCUT2D eigenvalue weighted by atomic mass is 16.5. The fraction of sp³-hybridized carbons (Fsp3) is 0.350. The Hall–Kier alpha value is -2.33. The van der Waals surface area contributed by atoms with E-state index in [0.717, 1.165) is 35.2 Å². The predicted molar refractivity (Wildman–Crippen MR) is 95.2 cm³/mol. The third-order valence-electron chi connectivity index (χ3n) is 4.37. The zero-order valence-corrected chi connectivity index (χ0v) is 13.9. The molecule has 2 aromatic carbocycles. The van der Waals surface area contributed by atoms with Crippen LogP contribution in [0.3, 0.4) is 0 Å².